The normalized spacial score (nSPS) is 16.5. The van der Waals surface area contributed by atoms with E-state index in [-0.39, 0.29) is 11.7 Å². The molecule has 140 valence electrons. The predicted octanol–water partition coefficient (Wildman–Crippen LogP) is 3.31. The van der Waals surface area contributed by atoms with Gasteiger partial charge in [-0.1, -0.05) is 11.6 Å². The number of nitro groups is 1. The highest BCUT2D eigenvalue weighted by molar-refractivity contribution is 6.31. The SMILES string of the molecule is Cc1ccc(C(CNCc2cc([N+](=O)[O-])ccc2Cl)N2CCOCC2)o1. The molecule has 0 amide bonds. The van der Waals surface area contributed by atoms with Crippen LogP contribution in [0.4, 0.5) is 5.69 Å². The van der Waals surface area contributed by atoms with Crippen LogP contribution >= 0.6 is 11.6 Å². The van der Waals surface area contributed by atoms with Crippen molar-refractivity contribution in [2.75, 3.05) is 32.8 Å². The van der Waals surface area contributed by atoms with Gasteiger partial charge in [0.25, 0.3) is 5.69 Å². The molecule has 0 radical (unpaired) electrons. The van der Waals surface area contributed by atoms with Gasteiger partial charge < -0.3 is 14.5 Å². The standard InChI is InChI=1S/C18H22ClN3O4/c1-13-2-5-18(26-13)17(21-6-8-25-9-7-21)12-20-11-14-10-15(22(23)24)3-4-16(14)19/h2-5,10,17,20H,6-9,11-12H2,1H3. The summed E-state index contributed by atoms with van der Waals surface area (Å²) in [4.78, 5) is 12.9. The first kappa shape index (κ1) is 18.8. The van der Waals surface area contributed by atoms with E-state index in [2.05, 4.69) is 10.2 Å². The minimum Gasteiger partial charge on any atom is -0.465 e. The molecule has 1 atom stereocenters. The number of hydrogen-bond donors (Lipinski definition) is 1. The van der Waals surface area contributed by atoms with Crippen LogP contribution in [0.25, 0.3) is 0 Å². The molecule has 0 spiro atoms. The van der Waals surface area contributed by atoms with Crippen LogP contribution in [0.3, 0.4) is 0 Å². The predicted molar refractivity (Wildman–Crippen MR) is 98.4 cm³/mol. The van der Waals surface area contributed by atoms with Gasteiger partial charge in [-0.05, 0) is 30.7 Å². The fourth-order valence-electron chi connectivity index (χ4n) is 3.09. The number of aryl methyl sites for hydroxylation is 1. The average Bonchev–Trinajstić information content (AvgIpc) is 3.06. The first-order valence-electron chi connectivity index (χ1n) is 8.56. The summed E-state index contributed by atoms with van der Waals surface area (Å²) in [6.07, 6.45) is 0. The third-order valence-electron chi connectivity index (χ3n) is 4.47. The second-order valence-electron chi connectivity index (χ2n) is 6.28. The van der Waals surface area contributed by atoms with Crippen molar-refractivity contribution in [2.24, 2.45) is 0 Å². The highest BCUT2D eigenvalue weighted by Crippen LogP contribution is 2.25. The maximum absolute atomic E-state index is 11.0. The van der Waals surface area contributed by atoms with Gasteiger partial charge in [-0.15, -0.1) is 0 Å². The number of rotatable bonds is 7. The van der Waals surface area contributed by atoms with Gasteiger partial charge in [-0.2, -0.15) is 0 Å². The molecule has 1 aromatic heterocycles. The first-order chi connectivity index (χ1) is 12.5. The van der Waals surface area contributed by atoms with Gasteiger partial charge in [0.15, 0.2) is 0 Å². The molecule has 8 heteroatoms. The van der Waals surface area contributed by atoms with Crippen molar-refractivity contribution in [3.05, 3.63) is 62.6 Å². The zero-order valence-corrected chi connectivity index (χ0v) is 15.4. The smallest absolute Gasteiger partial charge is 0.269 e. The zero-order valence-electron chi connectivity index (χ0n) is 14.6. The number of morpholine rings is 1. The summed E-state index contributed by atoms with van der Waals surface area (Å²) in [5.74, 6) is 1.78. The van der Waals surface area contributed by atoms with Crippen LogP contribution in [0.2, 0.25) is 5.02 Å². The van der Waals surface area contributed by atoms with Gasteiger partial charge in [0.1, 0.15) is 11.5 Å². The monoisotopic (exact) mass is 379 g/mol. The van der Waals surface area contributed by atoms with Crippen molar-refractivity contribution in [3.8, 4) is 0 Å². The van der Waals surface area contributed by atoms with Crippen LogP contribution < -0.4 is 5.32 Å². The minimum absolute atomic E-state index is 0.0394. The number of nitrogens with zero attached hydrogens (tertiary/aromatic N) is 2. The number of ether oxygens (including phenoxy) is 1. The second kappa shape index (κ2) is 8.64. The van der Waals surface area contributed by atoms with Crippen molar-refractivity contribution in [1.29, 1.82) is 0 Å². The van der Waals surface area contributed by atoms with Crippen molar-refractivity contribution >= 4 is 17.3 Å². The Morgan fingerprint density at radius 1 is 1.31 bits per heavy atom. The van der Waals surface area contributed by atoms with Crippen LogP contribution in [-0.2, 0) is 11.3 Å². The van der Waals surface area contributed by atoms with E-state index in [1.807, 2.05) is 19.1 Å². The molecule has 1 aliphatic rings. The molecule has 7 nitrogen and oxygen atoms in total. The van der Waals surface area contributed by atoms with Gasteiger partial charge in [0, 0.05) is 43.3 Å². The summed E-state index contributed by atoms with van der Waals surface area (Å²) in [5.41, 5.74) is 0.745. The minimum atomic E-state index is -0.415. The molecule has 2 aromatic rings. The zero-order chi connectivity index (χ0) is 18.5. The van der Waals surface area contributed by atoms with Crippen molar-refractivity contribution < 1.29 is 14.1 Å². The van der Waals surface area contributed by atoms with E-state index in [0.717, 1.165) is 24.6 Å². The van der Waals surface area contributed by atoms with Crippen LogP contribution in [0.1, 0.15) is 23.1 Å². The number of hydrogen-bond acceptors (Lipinski definition) is 6. The lowest BCUT2D eigenvalue weighted by Gasteiger charge is -2.33. The lowest BCUT2D eigenvalue weighted by molar-refractivity contribution is -0.384. The number of furan rings is 1. The van der Waals surface area contributed by atoms with Gasteiger partial charge in [0.05, 0.1) is 24.2 Å². The Morgan fingerprint density at radius 2 is 2.08 bits per heavy atom. The molecular weight excluding hydrogens is 358 g/mol. The molecule has 2 heterocycles. The molecule has 0 aliphatic carbocycles. The van der Waals surface area contributed by atoms with E-state index < -0.39 is 4.92 Å². The molecule has 3 rings (SSSR count). The quantitative estimate of drug-likeness (QED) is 0.587. The molecular formula is C18H22ClN3O4. The highest BCUT2D eigenvalue weighted by atomic mass is 35.5. The van der Waals surface area contributed by atoms with E-state index in [1.165, 1.54) is 12.1 Å². The molecule has 1 unspecified atom stereocenters. The Labute approximate surface area is 157 Å². The Kier molecular flexibility index (Phi) is 6.26. The third kappa shape index (κ3) is 4.62. The number of non-ortho nitro benzene ring substituents is 1. The van der Waals surface area contributed by atoms with Crippen LogP contribution in [0.5, 0.6) is 0 Å². The molecule has 1 fully saturated rings. The third-order valence-corrected chi connectivity index (χ3v) is 4.84. The second-order valence-corrected chi connectivity index (χ2v) is 6.68. The van der Waals surface area contributed by atoms with Crippen LogP contribution in [0.15, 0.2) is 34.7 Å². The van der Waals surface area contributed by atoms with E-state index in [0.29, 0.717) is 36.9 Å². The van der Waals surface area contributed by atoms with E-state index >= 15 is 0 Å². The maximum Gasteiger partial charge on any atom is 0.269 e. The Morgan fingerprint density at radius 3 is 2.73 bits per heavy atom. The van der Waals surface area contributed by atoms with Crippen LogP contribution in [-0.4, -0.2) is 42.7 Å². The largest absolute Gasteiger partial charge is 0.465 e. The Bertz CT molecular complexity index is 759. The van der Waals surface area contributed by atoms with Crippen molar-refractivity contribution in [1.82, 2.24) is 10.2 Å². The van der Waals surface area contributed by atoms with E-state index in [4.69, 9.17) is 20.8 Å². The first-order valence-corrected chi connectivity index (χ1v) is 8.94. The van der Waals surface area contributed by atoms with E-state index in [1.54, 1.807) is 6.07 Å². The number of benzene rings is 1. The van der Waals surface area contributed by atoms with Gasteiger partial charge >= 0.3 is 0 Å². The average molecular weight is 380 g/mol. The highest BCUT2D eigenvalue weighted by Gasteiger charge is 2.25. The molecule has 1 N–H and O–H groups in total. The summed E-state index contributed by atoms with van der Waals surface area (Å²) >= 11 is 6.18. The van der Waals surface area contributed by atoms with Crippen molar-refractivity contribution in [2.45, 2.75) is 19.5 Å². The van der Waals surface area contributed by atoms with E-state index in [9.17, 15) is 10.1 Å². The van der Waals surface area contributed by atoms with Crippen LogP contribution in [0, 0.1) is 17.0 Å². The summed E-state index contributed by atoms with van der Waals surface area (Å²) in [6.45, 7) is 6.09. The fourth-order valence-corrected chi connectivity index (χ4v) is 3.27. The topological polar surface area (TPSA) is 80.8 Å². The van der Waals surface area contributed by atoms with Gasteiger partial charge in [-0.25, -0.2) is 0 Å². The summed E-state index contributed by atoms with van der Waals surface area (Å²) in [6, 6.07) is 8.51. The fraction of sp³-hybridized carbons (Fsp3) is 0.444. The number of nitrogens with one attached hydrogen (secondary N) is 1. The maximum atomic E-state index is 11.0. The molecule has 0 saturated carbocycles. The summed E-state index contributed by atoms with van der Waals surface area (Å²) in [5, 5.41) is 14.8. The lowest BCUT2D eigenvalue weighted by atomic mass is 10.1. The van der Waals surface area contributed by atoms with Gasteiger partial charge in [-0.3, -0.25) is 15.0 Å². The molecule has 1 saturated heterocycles. The molecule has 26 heavy (non-hydrogen) atoms. The number of halogens is 1. The summed E-state index contributed by atoms with van der Waals surface area (Å²) < 4.78 is 11.3. The van der Waals surface area contributed by atoms with Crippen molar-refractivity contribution in [3.63, 3.8) is 0 Å². The molecule has 1 aromatic carbocycles. The lowest BCUT2D eigenvalue weighted by Crippen LogP contribution is -2.42. The van der Waals surface area contributed by atoms with Gasteiger partial charge in [0.2, 0.25) is 0 Å². The molecule has 0 bridgehead atoms. The number of nitro benzene ring substituents is 1. The Hall–Kier alpha value is -1.93. The Balaban J connectivity index is 1.68. The molecule has 1 aliphatic heterocycles. The summed E-state index contributed by atoms with van der Waals surface area (Å²) in [7, 11) is 0.